The average Bonchev–Trinajstić information content (AvgIpc) is 3.06. The fourth-order valence-electron chi connectivity index (χ4n) is 2.21. The van der Waals surface area contributed by atoms with Crippen LogP contribution in [0.2, 0.25) is 0 Å². The third kappa shape index (κ3) is 2.00. The second kappa shape index (κ2) is 4.18. The molecule has 3 rings (SSSR count). The lowest BCUT2D eigenvalue weighted by Crippen LogP contribution is -2.30. The summed E-state index contributed by atoms with van der Waals surface area (Å²) < 4.78 is 3.18. The van der Waals surface area contributed by atoms with Crippen LogP contribution >= 0.6 is 0 Å². The van der Waals surface area contributed by atoms with Gasteiger partial charge in [-0.2, -0.15) is 0 Å². The van der Waals surface area contributed by atoms with Gasteiger partial charge in [0.1, 0.15) is 5.78 Å². The summed E-state index contributed by atoms with van der Waals surface area (Å²) in [5.74, 6) is 0.0498. The minimum Gasteiger partial charge on any atom is -0.324 e. The Morgan fingerprint density at radius 3 is 2.84 bits per heavy atom. The van der Waals surface area contributed by atoms with Gasteiger partial charge in [-0.05, 0) is 19.8 Å². The summed E-state index contributed by atoms with van der Waals surface area (Å²) in [6.45, 7) is 1.90. The summed E-state index contributed by atoms with van der Waals surface area (Å²) in [6, 6.07) is 0.142. The molecule has 100 valence electrons. The maximum atomic E-state index is 11.9. The first-order chi connectivity index (χ1) is 9.08. The van der Waals surface area contributed by atoms with Crippen molar-refractivity contribution in [2.24, 2.45) is 0 Å². The molecule has 1 aliphatic carbocycles. The van der Waals surface area contributed by atoms with Gasteiger partial charge in [-0.1, -0.05) is 0 Å². The van der Waals surface area contributed by atoms with E-state index in [-0.39, 0.29) is 11.8 Å². The molecule has 0 radical (unpaired) electrons. The van der Waals surface area contributed by atoms with E-state index >= 15 is 0 Å². The van der Waals surface area contributed by atoms with Crippen LogP contribution in [0.25, 0.3) is 11.2 Å². The van der Waals surface area contributed by atoms with Crippen LogP contribution in [0.3, 0.4) is 0 Å². The van der Waals surface area contributed by atoms with Crippen molar-refractivity contribution in [3.05, 3.63) is 27.2 Å². The summed E-state index contributed by atoms with van der Waals surface area (Å²) in [5, 5.41) is 0. The summed E-state index contributed by atoms with van der Waals surface area (Å²) >= 11 is 0. The van der Waals surface area contributed by atoms with Crippen molar-refractivity contribution in [1.82, 2.24) is 19.1 Å². The van der Waals surface area contributed by atoms with Crippen LogP contribution in [0.1, 0.15) is 32.2 Å². The molecule has 1 aliphatic rings. The van der Waals surface area contributed by atoms with Crippen LogP contribution in [-0.2, 0) is 11.3 Å². The summed E-state index contributed by atoms with van der Waals surface area (Å²) in [4.78, 5) is 41.2. The molecular formula is C12H14N4O3. The number of aromatic amines is 1. The zero-order chi connectivity index (χ0) is 13.6. The van der Waals surface area contributed by atoms with Crippen molar-refractivity contribution >= 4 is 16.9 Å². The molecule has 0 spiro atoms. The number of rotatable bonds is 4. The first kappa shape index (κ1) is 11.9. The predicted molar refractivity (Wildman–Crippen MR) is 68.2 cm³/mol. The fraction of sp³-hybridized carbons (Fsp3) is 0.500. The molecule has 0 atom stereocenters. The predicted octanol–water partition coefficient (Wildman–Crippen LogP) is 0.200. The number of imidazole rings is 1. The minimum absolute atomic E-state index is 0.0498. The van der Waals surface area contributed by atoms with Crippen LogP contribution in [0, 0.1) is 0 Å². The molecule has 0 unspecified atom stereocenters. The number of H-pyrrole nitrogens is 1. The number of aromatic nitrogens is 4. The Kier molecular flexibility index (Phi) is 2.62. The number of hydrogen-bond donors (Lipinski definition) is 1. The molecule has 7 nitrogen and oxygen atoms in total. The molecule has 2 aromatic heterocycles. The molecule has 0 aliphatic heterocycles. The summed E-state index contributed by atoms with van der Waals surface area (Å²) in [6.07, 6.45) is 3.72. The van der Waals surface area contributed by atoms with Crippen LogP contribution in [-0.4, -0.2) is 24.9 Å². The van der Waals surface area contributed by atoms with E-state index < -0.39 is 11.2 Å². The zero-order valence-electron chi connectivity index (χ0n) is 10.5. The van der Waals surface area contributed by atoms with Gasteiger partial charge in [0.25, 0.3) is 5.56 Å². The van der Waals surface area contributed by atoms with E-state index in [0.717, 1.165) is 12.8 Å². The topological polar surface area (TPSA) is 89.8 Å². The SMILES string of the molecule is CC(=O)CCn1cnc2c1c(=O)[nH]c(=O)n2C1CC1. The van der Waals surface area contributed by atoms with Gasteiger partial charge in [-0.15, -0.1) is 0 Å². The van der Waals surface area contributed by atoms with Crippen LogP contribution in [0.15, 0.2) is 15.9 Å². The summed E-state index contributed by atoms with van der Waals surface area (Å²) in [5.41, 5.74) is -0.0673. The van der Waals surface area contributed by atoms with E-state index in [0.29, 0.717) is 24.1 Å². The van der Waals surface area contributed by atoms with Crippen molar-refractivity contribution < 1.29 is 4.79 Å². The van der Waals surface area contributed by atoms with Crippen molar-refractivity contribution in [3.8, 4) is 0 Å². The third-order valence-electron chi connectivity index (χ3n) is 3.32. The van der Waals surface area contributed by atoms with Crippen molar-refractivity contribution in [2.45, 2.75) is 38.8 Å². The second-order valence-electron chi connectivity index (χ2n) is 4.92. The highest BCUT2D eigenvalue weighted by Gasteiger charge is 2.28. The number of fused-ring (bicyclic) bond motifs is 1. The second-order valence-corrected chi connectivity index (χ2v) is 4.92. The number of aryl methyl sites for hydroxylation is 1. The van der Waals surface area contributed by atoms with E-state index in [1.165, 1.54) is 13.3 Å². The minimum atomic E-state index is -0.446. The zero-order valence-corrected chi connectivity index (χ0v) is 10.5. The largest absolute Gasteiger partial charge is 0.330 e. The van der Waals surface area contributed by atoms with Gasteiger partial charge in [-0.3, -0.25) is 19.1 Å². The summed E-state index contributed by atoms with van der Waals surface area (Å²) in [7, 11) is 0. The highest BCUT2D eigenvalue weighted by Crippen LogP contribution is 2.34. The average molecular weight is 262 g/mol. The number of hydrogen-bond acceptors (Lipinski definition) is 4. The van der Waals surface area contributed by atoms with E-state index in [4.69, 9.17) is 0 Å². The molecule has 1 N–H and O–H groups in total. The van der Waals surface area contributed by atoms with E-state index in [2.05, 4.69) is 9.97 Å². The first-order valence-electron chi connectivity index (χ1n) is 6.27. The van der Waals surface area contributed by atoms with Crippen molar-refractivity contribution in [2.75, 3.05) is 0 Å². The monoisotopic (exact) mass is 262 g/mol. The molecule has 1 saturated carbocycles. The Labute approximate surface area is 107 Å². The van der Waals surface area contributed by atoms with Crippen LogP contribution < -0.4 is 11.2 Å². The smallest absolute Gasteiger partial charge is 0.324 e. The number of carbonyl (C=O) groups excluding carboxylic acids is 1. The van der Waals surface area contributed by atoms with Gasteiger partial charge < -0.3 is 4.57 Å². The van der Waals surface area contributed by atoms with Gasteiger partial charge in [-0.25, -0.2) is 9.78 Å². The normalized spacial score (nSPS) is 15.0. The standard InChI is InChI=1S/C12H14N4O3/c1-7(17)4-5-15-6-13-10-9(15)11(18)14-12(19)16(10)8-2-3-8/h6,8H,2-5H2,1H3,(H,14,18,19). The quantitative estimate of drug-likeness (QED) is 0.852. The molecule has 0 aromatic carbocycles. The molecule has 0 amide bonds. The molecular weight excluding hydrogens is 248 g/mol. The lowest BCUT2D eigenvalue weighted by atomic mass is 10.3. The molecule has 0 saturated heterocycles. The Hall–Kier alpha value is -2.18. The molecule has 2 heterocycles. The van der Waals surface area contributed by atoms with Crippen molar-refractivity contribution in [3.63, 3.8) is 0 Å². The fourth-order valence-corrected chi connectivity index (χ4v) is 2.21. The number of ketones is 1. The number of nitrogens with one attached hydrogen (secondary N) is 1. The van der Waals surface area contributed by atoms with E-state index in [1.54, 1.807) is 9.13 Å². The molecule has 7 heteroatoms. The maximum Gasteiger partial charge on any atom is 0.330 e. The number of carbonyl (C=O) groups is 1. The lowest BCUT2D eigenvalue weighted by molar-refractivity contribution is -0.117. The van der Waals surface area contributed by atoms with Crippen molar-refractivity contribution in [1.29, 1.82) is 0 Å². The third-order valence-corrected chi connectivity index (χ3v) is 3.32. The van der Waals surface area contributed by atoms with Gasteiger partial charge in [0.15, 0.2) is 11.2 Å². The molecule has 0 bridgehead atoms. The van der Waals surface area contributed by atoms with E-state index in [1.807, 2.05) is 0 Å². The Balaban J connectivity index is 2.17. The lowest BCUT2D eigenvalue weighted by Gasteiger charge is -2.05. The molecule has 19 heavy (non-hydrogen) atoms. The Morgan fingerprint density at radius 1 is 1.47 bits per heavy atom. The van der Waals surface area contributed by atoms with E-state index in [9.17, 15) is 14.4 Å². The van der Waals surface area contributed by atoms with Gasteiger partial charge in [0.05, 0.1) is 6.33 Å². The molecule has 2 aromatic rings. The first-order valence-corrected chi connectivity index (χ1v) is 6.27. The Bertz CT molecular complexity index is 763. The van der Waals surface area contributed by atoms with Crippen LogP contribution in [0.4, 0.5) is 0 Å². The maximum absolute atomic E-state index is 11.9. The highest BCUT2D eigenvalue weighted by atomic mass is 16.2. The van der Waals surface area contributed by atoms with Crippen LogP contribution in [0.5, 0.6) is 0 Å². The van der Waals surface area contributed by atoms with Gasteiger partial charge in [0, 0.05) is 19.0 Å². The Morgan fingerprint density at radius 2 is 2.21 bits per heavy atom. The molecule has 1 fully saturated rings. The highest BCUT2D eigenvalue weighted by molar-refractivity contribution is 5.76. The number of Topliss-reactive ketones (excluding diaryl/α,β-unsaturated/α-hetero) is 1. The van der Waals surface area contributed by atoms with Gasteiger partial charge >= 0.3 is 5.69 Å². The van der Waals surface area contributed by atoms with Gasteiger partial charge in [0.2, 0.25) is 0 Å². The number of nitrogens with zero attached hydrogens (tertiary/aromatic N) is 3.